The summed E-state index contributed by atoms with van der Waals surface area (Å²) in [5.74, 6) is 0.551. The van der Waals surface area contributed by atoms with E-state index in [-0.39, 0.29) is 5.92 Å². The van der Waals surface area contributed by atoms with Gasteiger partial charge in [-0.15, -0.1) is 0 Å². The standard InChI is InChI=1S/C23H32N4O/c1-17(2)25-12-14-27(15-13-25)23(28)19-8-10-26(11-9-19)22-16-18(3)24-21-7-5-4-6-20(21)22/h4-7,16-17,19H,8-15H2,1-3H3. The molecule has 1 aromatic carbocycles. The molecule has 2 aromatic rings. The molecule has 5 nitrogen and oxygen atoms in total. The van der Waals surface area contributed by atoms with Gasteiger partial charge < -0.3 is 9.80 Å². The number of anilines is 1. The molecule has 1 amide bonds. The zero-order chi connectivity index (χ0) is 19.7. The van der Waals surface area contributed by atoms with Crippen LogP contribution in [0.2, 0.25) is 0 Å². The molecular weight excluding hydrogens is 348 g/mol. The van der Waals surface area contributed by atoms with E-state index in [2.05, 4.69) is 64.7 Å². The number of hydrogen-bond acceptors (Lipinski definition) is 4. The number of carbonyl (C=O) groups excluding carboxylic acids is 1. The third kappa shape index (κ3) is 3.86. The topological polar surface area (TPSA) is 39.7 Å². The van der Waals surface area contributed by atoms with Crippen LogP contribution in [0.15, 0.2) is 30.3 Å². The van der Waals surface area contributed by atoms with E-state index in [1.165, 1.54) is 11.1 Å². The Hall–Kier alpha value is -2.14. The van der Waals surface area contributed by atoms with Crippen molar-refractivity contribution in [3.63, 3.8) is 0 Å². The lowest BCUT2D eigenvalue weighted by atomic mass is 9.94. The number of pyridine rings is 1. The highest BCUT2D eigenvalue weighted by molar-refractivity contribution is 5.92. The Labute approximate surface area is 168 Å². The molecule has 0 unspecified atom stereocenters. The first-order valence-corrected chi connectivity index (χ1v) is 10.7. The largest absolute Gasteiger partial charge is 0.371 e. The highest BCUT2D eigenvalue weighted by Crippen LogP contribution is 2.31. The van der Waals surface area contributed by atoms with Crippen molar-refractivity contribution in [2.75, 3.05) is 44.2 Å². The summed E-state index contributed by atoms with van der Waals surface area (Å²) in [6, 6.07) is 11.1. The number of amides is 1. The van der Waals surface area contributed by atoms with Gasteiger partial charge in [-0.2, -0.15) is 0 Å². The molecule has 0 radical (unpaired) electrons. The zero-order valence-electron chi connectivity index (χ0n) is 17.4. The summed E-state index contributed by atoms with van der Waals surface area (Å²) in [5.41, 5.74) is 3.37. The molecule has 0 aliphatic carbocycles. The van der Waals surface area contributed by atoms with Gasteiger partial charge >= 0.3 is 0 Å². The van der Waals surface area contributed by atoms with Gasteiger partial charge in [-0.3, -0.25) is 14.7 Å². The number of benzene rings is 1. The molecule has 0 N–H and O–H groups in total. The molecule has 0 spiro atoms. The van der Waals surface area contributed by atoms with E-state index in [9.17, 15) is 4.79 Å². The van der Waals surface area contributed by atoms with Crippen molar-refractivity contribution in [2.45, 2.75) is 39.7 Å². The number of aryl methyl sites for hydroxylation is 1. The van der Waals surface area contributed by atoms with Crippen molar-refractivity contribution >= 4 is 22.5 Å². The van der Waals surface area contributed by atoms with Gasteiger partial charge in [-0.1, -0.05) is 18.2 Å². The maximum Gasteiger partial charge on any atom is 0.225 e. The fraction of sp³-hybridized carbons (Fsp3) is 0.565. The lowest BCUT2D eigenvalue weighted by Gasteiger charge is -2.40. The molecule has 2 fully saturated rings. The van der Waals surface area contributed by atoms with Crippen LogP contribution in [0.3, 0.4) is 0 Å². The Morgan fingerprint density at radius 3 is 2.39 bits per heavy atom. The monoisotopic (exact) mass is 380 g/mol. The van der Waals surface area contributed by atoms with Gasteiger partial charge in [-0.25, -0.2) is 0 Å². The average molecular weight is 381 g/mol. The maximum absolute atomic E-state index is 13.0. The molecule has 3 heterocycles. The summed E-state index contributed by atoms with van der Waals surface area (Å²) in [6.07, 6.45) is 1.89. The Kier molecular flexibility index (Phi) is 5.54. The van der Waals surface area contributed by atoms with Crippen LogP contribution in [0.25, 0.3) is 10.9 Å². The van der Waals surface area contributed by atoms with Crippen molar-refractivity contribution in [2.24, 2.45) is 5.92 Å². The fourth-order valence-electron chi connectivity index (χ4n) is 4.63. The molecule has 2 saturated heterocycles. The number of nitrogens with zero attached hydrogens (tertiary/aromatic N) is 4. The number of piperidine rings is 1. The van der Waals surface area contributed by atoms with Crippen LogP contribution in [0.5, 0.6) is 0 Å². The summed E-state index contributed by atoms with van der Waals surface area (Å²) < 4.78 is 0. The van der Waals surface area contributed by atoms with Crippen LogP contribution >= 0.6 is 0 Å². The zero-order valence-corrected chi connectivity index (χ0v) is 17.4. The first-order chi connectivity index (χ1) is 13.5. The maximum atomic E-state index is 13.0. The molecule has 28 heavy (non-hydrogen) atoms. The minimum atomic E-state index is 0.177. The average Bonchev–Trinajstić information content (AvgIpc) is 2.73. The highest BCUT2D eigenvalue weighted by atomic mass is 16.2. The first kappa shape index (κ1) is 19.2. The molecule has 0 atom stereocenters. The van der Waals surface area contributed by atoms with E-state index < -0.39 is 0 Å². The summed E-state index contributed by atoms with van der Waals surface area (Å²) in [4.78, 5) is 24.7. The number of para-hydroxylation sites is 1. The van der Waals surface area contributed by atoms with Gasteiger partial charge in [0.15, 0.2) is 0 Å². The lowest BCUT2D eigenvalue weighted by Crippen LogP contribution is -2.53. The van der Waals surface area contributed by atoms with Crippen LogP contribution in [-0.4, -0.2) is 66.0 Å². The van der Waals surface area contributed by atoms with Crippen LogP contribution in [0.1, 0.15) is 32.4 Å². The molecule has 0 bridgehead atoms. The Morgan fingerprint density at radius 2 is 1.71 bits per heavy atom. The SMILES string of the molecule is Cc1cc(N2CCC(C(=O)N3CCN(C(C)C)CC3)CC2)c2ccccc2n1. The summed E-state index contributed by atoms with van der Waals surface area (Å²) in [7, 11) is 0. The van der Waals surface area contributed by atoms with Crippen molar-refractivity contribution in [1.82, 2.24) is 14.8 Å². The minimum Gasteiger partial charge on any atom is -0.371 e. The lowest BCUT2D eigenvalue weighted by molar-refractivity contribution is -0.138. The van der Waals surface area contributed by atoms with Gasteiger partial charge in [0.25, 0.3) is 0 Å². The quantitative estimate of drug-likeness (QED) is 0.819. The number of carbonyl (C=O) groups is 1. The van der Waals surface area contributed by atoms with Crippen LogP contribution in [0.4, 0.5) is 5.69 Å². The number of hydrogen-bond donors (Lipinski definition) is 0. The molecule has 150 valence electrons. The van der Waals surface area contributed by atoms with Gasteiger partial charge in [0.2, 0.25) is 5.91 Å². The third-order valence-electron chi connectivity index (χ3n) is 6.36. The van der Waals surface area contributed by atoms with E-state index >= 15 is 0 Å². The van der Waals surface area contributed by atoms with E-state index in [4.69, 9.17) is 0 Å². The van der Waals surface area contributed by atoms with Crippen LogP contribution in [0, 0.1) is 12.8 Å². The Bertz CT molecular complexity index is 834. The third-order valence-corrected chi connectivity index (χ3v) is 6.36. The second-order valence-electron chi connectivity index (χ2n) is 8.52. The van der Waals surface area contributed by atoms with Gasteiger partial charge in [0.1, 0.15) is 0 Å². The number of piperazine rings is 1. The molecule has 1 aromatic heterocycles. The predicted molar refractivity (Wildman–Crippen MR) is 115 cm³/mol. The van der Waals surface area contributed by atoms with E-state index in [1.54, 1.807) is 0 Å². The second kappa shape index (κ2) is 8.08. The van der Waals surface area contributed by atoms with Gasteiger partial charge in [-0.05, 0) is 45.7 Å². The van der Waals surface area contributed by atoms with Crippen molar-refractivity contribution < 1.29 is 4.79 Å². The fourth-order valence-corrected chi connectivity index (χ4v) is 4.63. The molecule has 2 aliphatic heterocycles. The number of rotatable bonds is 3. The molecule has 0 saturated carbocycles. The van der Waals surface area contributed by atoms with Gasteiger partial charge in [0, 0.05) is 68.0 Å². The minimum absolute atomic E-state index is 0.177. The van der Waals surface area contributed by atoms with E-state index in [1.807, 2.05) is 6.07 Å². The van der Waals surface area contributed by atoms with E-state index in [0.29, 0.717) is 11.9 Å². The first-order valence-electron chi connectivity index (χ1n) is 10.7. The number of fused-ring (bicyclic) bond motifs is 1. The van der Waals surface area contributed by atoms with Crippen molar-refractivity contribution in [1.29, 1.82) is 0 Å². The highest BCUT2D eigenvalue weighted by Gasteiger charge is 2.31. The Morgan fingerprint density at radius 1 is 1.04 bits per heavy atom. The second-order valence-corrected chi connectivity index (χ2v) is 8.52. The smallest absolute Gasteiger partial charge is 0.225 e. The molecule has 4 rings (SSSR count). The van der Waals surface area contributed by atoms with Crippen LogP contribution < -0.4 is 4.90 Å². The van der Waals surface area contributed by atoms with Crippen molar-refractivity contribution in [3.8, 4) is 0 Å². The normalized spacial score (nSPS) is 19.6. The summed E-state index contributed by atoms with van der Waals surface area (Å²) in [5, 5.41) is 1.21. The summed E-state index contributed by atoms with van der Waals surface area (Å²) >= 11 is 0. The van der Waals surface area contributed by atoms with Crippen LogP contribution in [-0.2, 0) is 4.79 Å². The Balaban J connectivity index is 1.40. The number of aromatic nitrogens is 1. The van der Waals surface area contributed by atoms with Crippen molar-refractivity contribution in [3.05, 3.63) is 36.0 Å². The van der Waals surface area contributed by atoms with E-state index in [0.717, 1.165) is 63.3 Å². The summed E-state index contributed by atoms with van der Waals surface area (Å²) in [6.45, 7) is 12.2. The van der Waals surface area contributed by atoms with Gasteiger partial charge in [0.05, 0.1) is 5.52 Å². The molecule has 5 heteroatoms. The predicted octanol–water partition coefficient (Wildman–Crippen LogP) is 3.31. The molecule has 2 aliphatic rings. The molecular formula is C23H32N4O.